The van der Waals surface area contributed by atoms with Crippen molar-refractivity contribution in [1.82, 2.24) is 4.90 Å². The number of benzene rings is 1. The molecule has 0 amide bonds. The maximum Gasteiger partial charge on any atom is 0.220 e. The minimum absolute atomic E-state index is 0. The van der Waals surface area contributed by atoms with Gasteiger partial charge >= 0.3 is 0 Å². The molecule has 0 radical (unpaired) electrons. The summed E-state index contributed by atoms with van der Waals surface area (Å²) in [6.45, 7) is 9.84. The van der Waals surface area contributed by atoms with Crippen molar-refractivity contribution in [2.24, 2.45) is 15.7 Å². The molecule has 1 aliphatic rings. The molecule has 25 heavy (non-hydrogen) atoms. The first kappa shape index (κ1) is 19.0. The molecular weight excluding hydrogens is 319 g/mol. The lowest BCUT2D eigenvalue weighted by Gasteiger charge is -2.35. The number of hydrogen-bond donors (Lipinski definition) is 1. The van der Waals surface area contributed by atoms with E-state index in [4.69, 9.17) is 10.5 Å². The highest BCUT2D eigenvalue weighted by atomic mass is 19.1. The maximum atomic E-state index is 14.5. The minimum atomic E-state index is -0.295. The average molecular weight is 346 g/mol. The van der Waals surface area contributed by atoms with Crippen LogP contribution in [0.25, 0.3) is 0 Å². The first-order valence-electron chi connectivity index (χ1n) is 8.32. The maximum absolute atomic E-state index is 14.5. The first-order chi connectivity index (χ1) is 12.0. The topological polar surface area (TPSA) is 63.2 Å². The van der Waals surface area contributed by atoms with E-state index in [1.165, 1.54) is 12.3 Å². The normalized spacial score (nSPS) is 21.1. The van der Waals surface area contributed by atoms with Crippen LogP contribution in [-0.2, 0) is 4.74 Å². The smallest absolute Gasteiger partial charge is 0.220 e. The highest BCUT2D eigenvalue weighted by Gasteiger charge is 2.24. The molecule has 2 atom stereocenters. The number of halogens is 1. The minimum Gasteiger partial charge on any atom is -0.376 e. The molecule has 0 spiro atoms. The number of ether oxygens (including phenoxy) is 1. The molecule has 0 aliphatic carbocycles. The summed E-state index contributed by atoms with van der Waals surface area (Å²) >= 11 is 0. The average Bonchev–Trinajstić information content (AvgIpc) is 2.58. The fourth-order valence-corrected chi connectivity index (χ4v) is 2.73. The fraction of sp³-hybridized carbons (Fsp3) is 0.368. The molecule has 2 N–H and O–H groups in total. The van der Waals surface area contributed by atoms with Gasteiger partial charge in [0.15, 0.2) is 0 Å². The van der Waals surface area contributed by atoms with Crippen molar-refractivity contribution in [2.75, 3.05) is 19.7 Å². The molecule has 1 fully saturated rings. The summed E-state index contributed by atoms with van der Waals surface area (Å²) in [5, 5.41) is 0. The van der Waals surface area contributed by atoms with Crippen molar-refractivity contribution in [3.05, 3.63) is 54.4 Å². The molecule has 0 aromatic heterocycles. The van der Waals surface area contributed by atoms with Gasteiger partial charge in [-0.15, -0.1) is 0 Å². The second kappa shape index (κ2) is 9.25. The van der Waals surface area contributed by atoms with Gasteiger partial charge in [-0.1, -0.05) is 24.8 Å². The van der Waals surface area contributed by atoms with Crippen LogP contribution in [0.4, 0.5) is 10.1 Å². The quantitative estimate of drug-likeness (QED) is 0.503. The van der Waals surface area contributed by atoms with Crippen LogP contribution < -0.4 is 5.73 Å². The number of morpholine rings is 1. The third-order valence-corrected chi connectivity index (χ3v) is 4.04. The lowest BCUT2D eigenvalue weighted by Crippen LogP contribution is -2.42. The Hall–Kier alpha value is -2.31. The lowest BCUT2D eigenvalue weighted by atomic mass is 10.0. The van der Waals surface area contributed by atoms with Gasteiger partial charge in [-0.3, -0.25) is 4.90 Å². The number of allylic oxidation sites excluding steroid dienone is 3. The van der Waals surface area contributed by atoms with E-state index in [1.54, 1.807) is 30.4 Å². The SMILES string of the molecule is C=C/C=C/C=N/C(N)=Nc1ccc(C(C)N2CCOC(C)C2)c(F)c1.[HH]. The van der Waals surface area contributed by atoms with Crippen molar-refractivity contribution in [3.8, 4) is 0 Å². The molecule has 2 unspecified atom stereocenters. The Morgan fingerprint density at radius 3 is 3.00 bits per heavy atom. The Kier molecular flexibility index (Phi) is 7.03. The Balaban J connectivity index is 0.00000338. The van der Waals surface area contributed by atoms with Gasteiger partial charge in [0.25, 0.3) is 0 Å². The predicted molar refractivity (Wildman–Crippen MR) is 103 cm³/mol. The zero-order valence-electron chi connectivity index (χ0n) is 14.7. The van der Waals surface area contributed by atoms with Gasteiger partial charge < -0.3 is 10.5 Å². The van der Waals surface area contributed by atoms with Gasteiger partial charge in [-0.25, -0.2) is 14.4 Å². The number of nitrogens with two attached hydrogens (primary N) is 1. The van der Waals surface area contributed by atoms with Gasteiger partial charge in [0.05, 0.1) is 18.4 Å². The van der Waals surface area contributed by atoms with Gasteiger partial charge in [0, 0.05) is 32.3 Å². The molecule has 1 aromatic carbocycles. The molecule has 1 aliphatic heterocycles. The lowest BCUT2D eigenvalue weighted by molar-refractivity contribution is -0.0323. The largest absolute Gasteiger partial charge is 0.376 e. The van der Waals surface area contributed by atoms with Gasteiger partial charge in [-0.05, 0) is 32.1 Å². The highest BCUT2D eigenvalue weighted by Crippen LogP contribution is 2.27. The van der Waals surface area contributed by atoms with Gasteiger partial charge in [0.2, 0.25) is 5.96 Å². The molecule has 0 saturated carbocycles. The van der Waals surface area contributed by atoms with E-state index in [1.807, 2.05) is 13.8 Å². The van der Waals surface area contributed by atoms with Crippen LogP contribution in [0.3, 0.4) is 0 Å². The third-order valence-electron chi connectivity index (χ3n) is 4.04. The van der Waals surface area contributed by atoms with Crippen LogP contribution in [0.1, 0.15) is 26.9 Å². The molecular formula is C19H27FN4O. The Bertz CT molecular complexity index is 690. The second-order valence-corrected chi connectivity index (χ2v) is 5.93. The number of guanidine groups is 1. The van der Waals surface area contributed by atoms with Crippen LogP contribution in [0.2, 0.25) is 0 Å². The predicted octanol–water partition coefficient (Wildman–Crippen LogP) is 3.61. The summed E-state index contributed by atoms with van der Waals surface area (Å²) in [4.78, 5) is 10.3. The number of nitrogens with zero attached hydrogens (tertiary/aromatic N) is 3. The zero-order valence-corrected chi connectivity index (χ0v) is 14.7. The molecule has 1 heterocycles. The fourth-order valence-electron chi connectivity index (χ4n) is 2.73. The van der Waals surface area contributed by atoms with E-state index in [0.717, 1.165) is 13.1 Å². The molecule has 2 rings (SSSR count). The van der Waals surface area contributed by atoms with Crippen molar-refractivity contribution in [2.45, 2.75) is 26.0 Å². The zero-order chi connectivity index (χ0) is 18.2. The molecule has 5 nitrogen and oxygen atoms in total. The molecule has 1 saturated heterocycles. The van der Waals surface area contributed by atoms with Crippen LogP contribution in [0.15, 0.2) is 53.0 Å². The van der Waals surface area contributed by atoms with Crippen molar-refractivity contribution in [1.29, 1.82) is 0 Å². The Morgan fingerprint density at radius 1 is 1.52 bits per heavy atom. The van der Waals surface area contributed by atoms with Crippen LogP contribution >= 0.6 is 0 Å². The van der Waals surface area contributed by atoms with Crippen LogP contribution in [0, 0.1) is 5.82 Å². The molecule has 6 heteroatoms. The van der Waals surface area contributed by atoms with Crippen molar-refractivity contribution < 1.29 is 10.6 Å². The summed E-state index contributed by atoms with van der Waals surface area (Å²) in [6.07, 6.45) is 6.70. The number of rotatable bonds is 5. The van der Waals surface area contributed by atoms with E-state index in [0.29, 0.717) is 17.9 Å². The second-order valence-electron chi connectivity index (χ2n) is 5.93. The standard InChI is InChI=1S/C19H25FN4O.H2/c1-4-5-6-9-22-19(21)23-16-7-8-17(18(20)12-16)15(3)24-10-11-25-14(2)13-24;/h4-9,12,14-15H,1,10-11,13H2,2-3H3,(H2,21,23);1H/b6-5+,22-9+;. The highest BCUT2D eigenvalue weighted by molar-refractivity contribution is 5.91. The van der Waals surface area contributed by atoms with E-state index >= 15 is 0 Å². The summed E-state index contributed by atoms with van der Waals surface area (Å²) in [6, 6.07) is 4.87. The van der Waals surface area contributed by atoms with Crippen molar-refractivity contribution >= 4 is 17.9 Å². The summed E-state index contributed by atoms with van der Waals surface area (Å²) in [5.41, 5.74) is 6.79. The van der Waals surface area contributed by atoms with E-state index in [2.05, 4.69) is 21.5 Å². The van der Waals surface area contributed by atoms with E-state index in [9.17, 15) is 4.39 Å². The summed E-state index contributed by atoms with van der Waals surface area (Å²) in [5.74, 6) is -0.229. The molecule has 1 aromatic rings. The monoisotopic (exact) mass is 346 g/mol. The van der Waals surface area contributed by atoms with Crippen LogP contribution in [0.5, 0.6) is 0 Å². The van der Waals surface area contributed by atoms with Crippen molar-refractivity contribution in [3.63, 3.8) is 0 Å². The van der Waals surface area contributed by atoms with Crippen LogP contribution in [-0.4, -0.2) is 42.9 Å². The summed E-state index contributed by atoms with van der Waals surface area (Å²) < 4.78 is 20.1. The van der Waals surface area contributed by atoms with Gasteiger partial charge in [0.1, 0.15) is 5.82 Å². The van der Waals surface area contributed by atoms with E-state index < -0.39 is 0 Å². The molecule has 136 valence electrons. The third kappa shape index (κ3) is 5.62. The Labute approximate surface area is 149 Å². The number of hydrogen-bond acceptors (Lipinski definition) is 3. The van der Waals surface area contributed by atoms with E-state index in [-0.39, 0.29) is 25.3 Å². The van der Waals surface area contributed by atoms with Gasteiger partial charge in [-0.2, -0.15) is 0 Å². The number of aliphatic imine (C=N–C) groups is 2. The Morgan fingerprint density at radius 2 is 2.32 bits per heavy atom. The summed E-state index contributed by atoms with van der Waals surface area (Å²) in [7, 11) is 0. The first-order valence-corrected chi connectivity index (χ1v) is 8.32. The molecule has 0 bridgehead atoms.